The molecule has 2 rings (SSSR count). The molecule has 2 aromatic rings. The number of hydrogen-bond acceptors (Lipinski definition) is 3. The maximum Gasteiger partial charge on any atom is 0.223 e. The van der Waals surface area contributed by atoms with Gasteiger partial charge >= 0.3 is 0 Å². The van der Waals surface area contributed by atoms with Gasteiger partial charge in [0.2, 0.25) is 5.88 Å². The summed E-state index contributed by atoms with van der Waals surface area (Å²) in [7, 11) is 0. The number of benzene rings is 1. The Morgan fingerprint density at radius 2 is 1.86 bits per heavy atom. The lowest BCUT2D eigenvalue weighted by molar-refractivity contribution is 0.434. The topological polar surface area (TPSA) is 48.1 Å². The van der Waals surface area contributed by atoms with Gasteiger partial charge in [0, 0.05) is 23.9 Å². The van der Waals surface area contributed by atoms with E-state index in [-0.39, 0.29) is 5.41 Å². The molecular formula is C18H24N2O. The van der Waals surface area contributed by atoms with E-state index in [2.05, 4.69) is 44.8 Å². The SMILES string of the molecule is Cc1ccc(Oc2nccc(C)c2CN)c(C(C)(C)C)c1. The Balaban J connectivity index is 2.48. The zero-order valence-corrected chi connectivity index (χ0v) is 13.5. The van der Waals surface area contributed by atoms with E-state index in [1.165, 1.54) is 11.1 Å². The molecule has 1 aromatic heterocycles. The molecule has 0 atom stereocenters. The molecular weight excluding hydrogens is 260 g/mol. The quantitative estimate of drug-likeness (QED) is 0.916. The zero-order valence-electron chi connectivity index (χ0n) is 13.5. The molecule has 112 valence electrons. The van der Waals surface area contributed by atoms with Crippen LogP contribution in [-0.4, -0.2) is 4.98 Å². The van der Waals surface area contributed by atoms with Crippen molar-refractivity contribution in [3.05, 3.63) is 52.7 Å². The van der Waals surface area contributed by atoms with Gasteiger partial charge in [-0.2, -0.15) is 0 Å². The maximum atomic E-state index is 6.10. The molecule has 0 aliphatic rings. The summed E-state index contributed by atoms with van der Waals surface area (Å²) in [5, 5.41) is 0. The lowest BCUT2D eigenvalue weighted by atomic mass is 9.85. The second-order valence-corrected chi connectivity index (χ2v) is 6.47. The molecule has 0 saturated carbocycles. The standard InChI is InChI=1S/C18H24N2O/c1-12-6-7-16(15(10-12)18(3,4)5)21-17-14(11-19)13(2)8-9-20-17/h6-10H,11,19H2,1-5H3. The van der Waals surface area contributed by atoms with Crippen LogP contribution in [0.25, 0.3) is 0 Å². The van der Waals surface area contributed by atoms with Gasteiger partial charge < -0.3 is 10.5 Å². The molecule has 21 heavy (non-hydrogen) atoms. The van der Waals surface area contributed by atoms with E-state index in [1.54, 1.807) is 6.20 Å². The molecule has 3 heteroatoms. The fourth-order valence-electron chi connectivity index (χ4n) is 2.32. The Labute approximate surface area is 127 Å². The van der Waals surface area contributed by atoms with Crippen molar-refractivity contribution >= 4 is 0 Å². The van der Waals surface area contributed by atoms with Gasteiger partial charge in [-0.15, -0.1) is 0 Å². The minimum atomic E-state index is 0.00799. The van der Waals surface area contributed by atoms with Crippen LogP contribution in [0.5, 0.6) is 11.6 Å². The molecule has 0 unspecified atom stereocenters. The van der Waals surface area contributed by atoms with Gasteiger partial charge in [0.15, 0.2) is 0 Å². The normalized spacial score (nSPS) is 11.5. The van der Waals surface area contributed by atoms with Crippen molar-refractivity contribution in [1.29, 1.82) is 0 Å². The van der Waals surface area contributed by atoms with Crippen LogP contribution >= 0.6 is 0 Å². The Bertz CT molecular complexity index is 642. The van der Waals surface area contributed by atoms with Crippen molar-refractivity contribution in [1.82, 2.24) is 4.98 Å². The molecule has 0 spiro atoms. The number of aromatic nitrogens is 1. The summed E-state index contributed by atoms with van der Waals surface area (Å²) in [6.07, 6.45) is 1.76. The monoisotopic (exact) mass is 284 g/mol. The molecule has 0 saturated heterocycles. The molecule has 0 fully saturated rings. The Morgan fingerprint density at radius 1 is 1.14 bits per heavy atom. The van der Waals surface area contributed by atoms with Crippen LogP contribution in [0.15, 0.2) is 30.5 Å². The first kappa shape index (κ1) is 15.5. The van der Waals surface area contributed by atoms with E-state index < -0.39 is 0 Å². The maximum absolute atomic E-state index is 6.10. The highest BCUT2D eigenvalue weighted by Crippen LogP contribution is 2.35. The van der Waals surface area contributed by atoms with Crippen LogP contribution in [0.4, 0.5) is 0 Å². The Kier molecular flexibility index (Phi) is 4.33. The molecule has 1 heterocycles. The third kappa shape index (κ3) is 3.42. The van der Waals surface area contributed by atoms with Crippen molar-refractivity contribution in [2.75, 3.05) is 0 Å². The molecule has 2 N–H and O–H groups in total. The number of ether oxygens (including phenoxy) is 1. The van der Waals surface area contributed by atoms with Crippen molar-refractivity contribution in [3.63, 3.8) is 0 Å². The Hall–Kier alpha value is -1.87. The van der Waals surface area contributed by atoms with Gasteiger partial charge in [0.05, 0.1) is 0 Å². The van der Waals surface area contributed by atoms with Gasteiger partial charge in [-0.05, 0) is 37.0 Å². The predicted molar refractivity (Wildman–Crippen MR) is 86.8 cm³/mol. The summed E-state index contributed by atoms with van der Waals surface area (Å²) in [4.78, 5) is 4.35. The highest BCUT2D eigenvalue weighted by atomic mass is 16.5. The summed E-state index contributed by atoms with van der Waals surface area (Å²) in [5.74, 6) is 1.45. The van der Waals surface area contributed by atoms with Gasteiger partial charge in [-0.1, -0.05) is 38.5 Å². The van der Waals surface area contributed by atoms with Crippen molar-refractivity contribution in [2.45, 2.75) is 46.6 Å². The number of hydrogen-bond donors (Lipinski definition) is 1. The number of pyridine rings is 1. The first-order valence-corrected chi connectivity index (χ1v) is 7.26. The smallest absolute Gasteiger partial charge is 0.223 e. The van der Waals surface area contributed by atoms with Crippen molar-refractivity contribution < 1.29 is 4.74 Å². The van der Waals surface area contributed by atoms with Crippen LogP contribution in [0.3, 0.4) is 0 Å². The van der Waals surface area contributed by atoms with Gasteiger partial charge in [0.1, 0.15) is 5.75 Å². The van der Waals surface area contributed by atoms with E-state index in [9.17, 15) is 0 Å². The second kappa shape index (κ2) is 5.86. The van der Waals surface area contributed by atoms with E-state index in [0.29, 0.717) is 12.4 Å². The third-order valence-electron chi connectivity index (χ3n) is 3.60. The van der Waals surface area contributed by atoms with Gasteiger partial charge in [-0.25, -0.2) is 4.98 Å². The van der Waals surface area contributed by atoms with Crippen LogP contribution in [0, 0.1) is 13.8 Å². The Morgan fingerprint density at radius 3 is 2.48 bits per heavy atom. The van der Waals surface area contributed by atoms with Crippen molar-refractivity contribution in [3.8, 4) is 11.6 Å². The molecule has 0 amide bonds. The first-order valence-electron chi connectivity index (χ1n) is 7.26. The summed E-state index contributed by atoms with van der Waals surface area (Å²) in [6, 6.07) is 8.20. The third-order valence-corrected chi connectivity index (χ3v) is 3.60. The minimum Gasteiger partial charge on any atom is -0.438 e. The molecule has 3 nitrogen and oxygen atoms in total. The number of nitrogens with zero attached hydrogens (tertiary/aromatic N) is 1. The van der Waals surface area contributed by atoms with E-state index >= 15 is 0 Å². The fourth-order valence-corrected chi connectivity index (χ4v) is 2.32. The van der Waals surface area contributed by atoms with E-state index in [1.807, 2.05) is 19.1 Å². The predicted octanol–water partition coefficient (Wildman–Crippen LogP) is 4.25. The molecule has 0 aliphatic carbocycles. The lowest BCUT2D eigenvalue weighted by Crippen LogP contribution is -2.13. The van der Waals surface area contributed by atoms with Crippen LogP contribution in [-0.2, 0) is 12.0 Å². The summed E-state index contributed by atoms with van der Waals surface area (Å²) < 4.78 is 6.10. The van der Waals surface area contributed by atoms with E-state index in [4.69, 9.17) is 10.5 Å². The number of nitrogens with two attached hydrogens (primary N) is 1. The van der Waals surface area contributed by atoms with E-state index in [0.717, 1.165) is 16.9 Å². The fraction of sp³-hybridized carbons (Fsp3) is 0.389. The molecule has 0 bridgehead atoms. The lowest BCUT2D eigenvalue weighted by Gasteiger charge is -2.23. The van der Waals surface area contributed by atoms with Gasteiger partial charge in [-0.3, -0.25) is 0 Å². The first-order chi connectivity index (χ1) is 9.82. The number of aryl methyl sites for hydroxylation is 2. The molecule has 0 aliphatic heterocycles. The highest BCUT2D eigenvalue weighted by molar-refractivity contribution is 5.45. The number of rotatable bonds is 3. The average molecular weight is 284 g/mol. The van der Waals surface area contributed by atoms with Crippen molar-refractivity contribution in [2.24, 2.45) is 5.73 Å². The van der Waals surface area contributed by atoms with Crippen LogP contribution in [0.1, 0.15) is 43.0 Å². The highest BCUT2D eigenvalue weighted by Gasteiger charge is 2.20. The zero-order chi connectivity index (χ0) is 15.6. The van der Waals surface area contributed by atoms with Gasteiger partial charge in [0.25, 0.3) is 0 Å². The summed E-state index contributed by atoms with van der Waals surface area (Å²) in [6.45, 7) is 11.1. The second-order valence-electron chi connectivity index (χ2n) is 6.47. The van der Waals surface area contributed by atoms with Crippen LogP contribution in [0.2, 0.25) is 0 Å². The summed E-state index contributed by atoms with van der Waals surface area (Å²) in [5.41, 5.74) is 10.3. The molecule has 0 radical (unpaired) electrons. The largest absolute Gasteiger partial charge is 0.438 e. The average Bonchev–Trinajstić information content (AvgIpc) is 2.40. The minimum absolute atomic E-state index is 0.00799. The summed E-state index contributed by atoms with van der Waals surface area (Å²) >= 11 is 0. The van der Waals surface area contributed by atoms with Crippen LogP contribution < -0.4 is 10.5 Å². The molecule has 1 aromatic carbocycles.